The topological polar surface area (TPSA) is 15.3 Å². The van der Waals surface area contributed by atoms with Crippen molar-refractivity contribution < 1.29 is 0 Å². The van der Waals surface area contributed by atoms with Crippen molar-refractivity contribution in [2.24, 2.45) is 11.3 Å². The lowest BCUT2D eigenvalue weighted by molar-refractivity contribution is 0.0596. The fraction of sp³-hybridized carbons (Fsp3) is 1.00. The summed E-state index contributed by atoms with van der Waals surface area (Å²) in [5.74, 6) is 0.926. The van der Waals surface area contributed by atoms with Gasteiger partial charge in [0.05, 0.1) is 0 Å². The zero-order valence-electron chi connectivity index (χ0n) is 15.0. The third-order valence-electron chi connectivity index (χ3n) is 5.86. The Morgan fingerprint density at radius 1 is 1.10 bits per heavy atom. The van der Waals surface area contributed by atoms with Gasteiger partial charge in [-0.3, -0.25) is 0 Å². The van der Waals surface area contributed by atoms with E-state index in [0.717, 1.165) is 12.0 Å². The highest BCUT2D eigenvalue weighted by Gasteiger charge is 2.35. The highest BCUT2D eigenvalue weighted by atomic mass is 15.2. The average molecular weight is 295 g/mol. The Morgan fingerprint density at radius 2 is 1.76 bits per heavy atom. The minimum Gasteiger partial charge on any atom is -0.314 e. The van der Waals surface area contributed by atoms with Crippen LogP contribution in [0.3, 0.4) is 0 Å². The van der Waals surface area contributed by atoms with Gasteiger partial charge in [-0.2, -0.15) is 0 Å². The summed E-state index contributed by atoms with van der Waals surface area (Å²) < 4.78 is 0. The van der Waals surface area contributed by atoms with Crippen LogP contribution in [0.5, 0.6) is 0 Å². The summed E-state index contributed by atoms with van der Waals surface area (Å²) >= 11 is 0. The van der Waals surface area contributed by atoms with Crippen LogP contribution in [0.15, 0.2) is 0 Å². The highest BCUT2D eigenvalue weighted by Crippen LogP contribution is 2.37. The Labute approximate surface area is 133 Å². The second-order valence-corrected chi connectivity index (χ2v) is 8.40. The van der Waals surface area contributed by atoms with Crippen molar-refractivity contribution in [3.05, 3.63) is 0 Å². The van der Waals surface area contributed by atoms with Gasteiger partial charge in [-0.25, -0.2) is 0 Å². The lowest BCUT2D eigenvalue weighted by Gasteiger charge is -2.44. The molecule has 0 aromatic rings. The molecule has 2 aliphatic rings. The zero-order chi connectivity index (χ0) is 15.3. The summed E-state index contributed by atoms with van der Waals surface area (Å²) in [6.45, 7) is 13.3. The fourth-order valence-electron chi connectivity index (χ4n) is 4.41. The molecule has 2 heteroatoms. The van der Waals surface area contributed by atoms with Gasteiger partial charge in [-0.1, -0.05) is 46.5 Å². The van der Waals surface area contributed by atoms with E-state index in [-0.39, 0.29) is 0 Å². The second-order valence-electron chi connectivity index (χ2n) is 8.40. The number of piperidine rings is 1. The summed E-state index contributed by atoms with van der Waals surface area (Å²) in [7, 11) is 0. The first-order valence-corrected chi connectivity index (χ1v) is 9.48. The Bertz CT molecular complexity index is 292. The van der Waals surface area contributed by atoms with Crippen LogP contribution in [0.4, 0.5) is 0 Å². The van der Waals surface area contributed by atoms with Gasteiger partial charge in [-0.15, -0.1) is 0 Å². The molecule has 0 aromatic heterocycles. The Kier molecular flexibility index (Phi) is 6.55. The highest BCUT2D eigenvalue weighted by molar-refractivity contribution is 4.90. The zero-order valence-corrected chi connectivity index (χ0v) is 15.0. The third-order valence-corrected chi connectivity index (χ3v) is 5.86. The molecule has 0 radical (unpaired) electrons. The van der Waals surface area contributed by atoms with Crippen LogP contribution < -0.4 is 5.32 Å². The smallest absolute Gasteiger partial charge is 0.00697 e. The molecule has 0 spiro atoms. The quantitative estimate of drug-likeness (QED) is 0.754. The molecule has 124 valence electrons. The molecule has 2 atom stereocenters. The molecule has 21 heavy (non-hydrogen) atoms. The molecule has 1 saturated carbocycles. The molecule has 1 aliphatic carbocycles. The molecular formula is C19H38N2. The van der Waals surface area contributed by atoms with Crippen molar-refractivity contribution >= 4 is 0 Å². The molecule has 1 heterocycles. The standard InChI is InChI=1S/C19H38N2/c1-16(2)20-14-19(10-7-5-6-8-11-19)15-21-12-9-17(3)13-18(21)4/h16-18,20H,5-15H2,1-4H3. The van der Waals surface area contributed by atoms with Gasteiger partial charge in [0.15, 0.2) is 0 Å². The van der Waals surface area contributed by atoms with Crippen LogP contribution in [0, 0.1) is 11.3 Å². The predicted octanol–water partition coefficient (Wildman–Crippen LogP) is 4.45. The van der Waals surface area contributed by atoms with Gasteiger partial charge in [-0.05, 0) is 50.5 Å². The maximum absolute atomic E-state index is 3.77. The number of likely N-dealkylation sites (tertiary alicyclic amines) is 1. The average Bonchev–Trinajstić information content (AvgIpc) is 2.66. The van der Waals surface area contributed by atoms with Crippen molar-refractivity contribution in [1.29, 1.82) is 0 Å². The van der Waals surface area contributed by atoms with E-state index >= 15 is 0 Å². The van der Waals surface area contributed by atoms with Crippen LogP contribution in [0.2, 0.25) is 0 Å². The van der Waals surface area contributed by atoms with Gasteiger partial charge in [0.25, 0.3) is 0 Å². The third kappa shape index (κ3) is 5.25. The molecule has 2 fully saturated rings. The predicted molar refractivity (Wildman–Crippen MR) is 92.7 cm³/mol. The van der Waals surface area contributed by atoms with Crippen LogP contribution in [0.1, 0.15) is 79.1 Å². The summed E-state index contributed by atoms with van der Waals surface area (Å²) in [4.78, 5) is 2.81. The van der Waals surface area contributed by atoms with Gasteiger partial charge < -0.3 is 10.2 Å². The van der Waals surface area contributed by atoms with Crippen LogP contribution >= 0.6 is 0 Å². The van der Waals surface area contributed by atoms with E-state index in [1.165, 1.54) is 71.0 Å². The van der Waals surface area contributed by atoms with Crippen LogP contribution in [-0.4, -0.2) is 36.6 Å². The Hall–Kier alpha value is -0.0800. The largest absolute Gasteiger partial charge is 0.314 e. The normalized spacial score (nSPS) is 31.3. The minimum atomic E-state index is 0.537. The summed E-state index contributed by atoms with van der Waals surface area (Å²) in [5, 5.41) is 3.77. The lowest BCUT2D eigenvalue weighted by atomic mass is 9.78. The summed E-state index contributed by atoms with van der Waals surface area (Å²) in [5.41, 5.74) is 0.537. The first-order chi connectivity index (χ1) is 10.0. The van der Waals surface area contributed by atoms with E-state index in [4.69, 9.17) is 0 Å². The summed E-state index contributed by atoms with van der Waals surface area (Å²) in [6.07, 6.45) is 11.5. The first kappa shape index (κ1) is 17.3. The molecule has 1 N–H and O–H groups in total. The molecular weight excluding hydrogens is 256 g/mol. The molecule has 1 saturated heterocycles. The Morgan fingerprint density at radius 3 is 2.33 bits per heavy atom. The van der Waals surface area contributed by atoms with Crippen molar-refractivity contribution in [1.82, 2.24) is 10.2 Å². The first-order valence-electron chi connectivity index (χ1n) is 9.48. The van der Waals surface area contributed by atoms with E-state index < -0.39 is 0 Å². The molecule has 2 nitrogen and oxygen atoms in total. The maximum atomic E-state index is 3.77. The Balaban J connectivity index is 2.00. The van der Waals surface area contributed by atoms with E-state index in [1.807, 2.05) is 0 Å². The van der Waals surface area contributed by atoms with Crippen molar-refractivity contribution in [3.63, 3.8) is 0 Å². The summed E-state index contributed by atoms with van der Waals surface area (Å²) in [6, 6.07) is 1.40. The van der Waals surface area contributed by atoms with E-state index in [2.05, 4.69) is 37.9 Å². The molecule has 0 bridgehead atoms. The molecule has 2 rings (SSSR count). The number of rotatable bonds is 5. The van der Waals surface area contributed by atoms with Gasteiger partial charge in [0.1, 0.15) is 0 Å². The van der Waals surface area contributed by atoms with E-state index in [9.17, 15) is 0 Å². The molecule has 0 aromatic carbocycles. The van der Waals surface area contributed by atoms with E-state index in [1.54, 1.807) is 0 Å². The number of hydrogen-bond donors (Lipinski definition) is 1. The number of nitrogens with one attached hydrogen (secondary N) is 1. The van der Waals surface area contributed by atoms with Crippen LogP contribution in [0.25, 0.3) is 0 Å². The second kappa shape index (κ2) is 7.97. The van der Waals surface area contributed by atoms with Crippen LogP contribution in [-0.2, 0) is 0 Å². The van der Waals surface area contributed by atoms with Crippen molar-refractivity contribution in [2.45, 2.75) is 91.1 Å². The SMILES string of the molecule is CC1CCN(CC2(CNC(C)C)CCCCCC2)C(C)C1. The minimum absolute atomic E-state index is 0.537. The van der Waals surface area contributed by atoms with E-state index in [0.29, 0.717) is 11.5 Å². The van der Waals surface area contributed by atoms with Gasteiger partial charge >= 0.3 is 0 Å². The van der Waals surface area contributed by atoms with Gasteiger partial charge in [0, 0.05) is 25.2 Å². The maximum Gasteiger partial charge on any atom is 0.00697 e. The molecule has 0 amide bonds. The van der Waals surface area contributed by atoms with Crippen molar-refractivity contribution in [2.75, 3.05) is 19.6 Å². The van der Waals surface area contributed by atoms with Crippen molar-refractivity contribution in [3.8, 4) is 0 Å². The number of hydrogen-bond acceptors (Lipinski definition) is 2. The number of nitrogens with zero attached hydrogens (tertiary/aromatic N) is 1. The lowest BCUT2D eigenvalue weighted by Crippen LogP contribution is -2.50. The van der Waals surface area contributed by atoms with Gasteiger partial charge in [0.2, 0.25) is 0 Å². The monoisotopic (exact) mass is 294 g/mol. The molecule has 1 aliphatic heterocycles. The molecule has 2 unspecified atom stereocenters. The fourth-order valence-corrected chi connectivity index (χ4v) is 4.41.